The lowest BCUT2D eigenvalue weighted by Crippen LogP contribution is -2.47. The minimum Gasteiger partial charge on any atom is -0.347 e. The van der Waals surface area contributed by atoms with Crippen LogP contribution in [-0.4, -0.2) is 42.9 Å². The van der Waals surface area contributed by atoms with Crippen molar-refractivity contribution in [3.63, 3.8) is 0 Å². The van der Waals surface area contributed by atoms with Crippen LogP contribution in [0, 0.1) is 0 Å². The van der Waals surface area contributed by atoms with Gasteiger partial charge in [0.2, 0.25) is 5.91 Å². The van der Waals surface area contributed by atoms with Gasteiger partial charge in [0.25, 0.3) is 0 Å². The molecular formula is C15H18BrNO3. The highest BCUT2D eigenvalue weighted by atomic mass is 79.9. The van der Waals surface area contributed by atoms with Crippen molar-refractivity contribution in [3.05, 3.63) is 34.3 Å². The molecule has 3 rings (SSSR count). The average molecular weight is 340 g/mol. The van der Waals surface area contributed by atoms with Crippen LogP contribution in [0.3, 0.4) is 0 Å². The highest BCUT2D eigenvalue weighted by Gasteiger charge is 2.40. The summed E-state index contributed by atoms with van der Waals surface area (Å²) < 4.78 is 12.3. The fourth-order valence-electron chi connectivity index (χ4n) is 2.80. The molecule has 0 bridgehead atoms. The van der Waals surface area contributed by atoms with Gasteiger partial charge in [-0.1, -0.05) is 34.1 Å². The molecule has 4 nitrogen and oxygen atoms in total. The number of nitrogens with zero attached hydrogens (tertiary/aromatic N) is 1. The van der Waals surface area contributed by atoms with Crippen LogP contribution in [0.4, 0.5) is 0 Å². The molecule has 2 saturated heterocycles. The molecule has 1 spiro atoms. The van der Waals surface area contributed by atoms with Crippen molar-refractivity contribution in [2.45, 2.75) is 25.0 Å². The first-order valence-corrected chi connectivity index (χ1v) is 7.77. The van der Waals surface area contributed by atoms with Crippen LogP contribution in [-0.2, 0) is 20.7 Å². The maximum atomic E-state index is 12.3. The van der Waals surface area contributed by atoms with Crippen molar-refractivity contribution in [1.29, 1.82) is 0 Å². The second-order valence-electron chi connectivity index (χ2n) is 5.26. The zero-order valence-corrected chi connectivity index (χ0v) is 12.9. The molecule has 0 unspecified atom stereocenters. The lowest BCUT2D eigenvalue weighted by atomic mass is 10.0. The predicted molar refractivity (Wildman–Crippen MR) is 78.3 cm³/mol. The highest BCUT2D eigenvalue weighted by molar-refractivity contribution is 9.10. The molecule has 1 aromatic rings. The molecule has 2 aliphatic rings. The van der Waals surface area contributed by atoms with E-state index in [4.69, 9.17) is 9.47 Å². The average Bonchev–Trinajstić information content (AvgIpc) is 2.90. The molecule has 1 amide bonds. The molecular weight excluding hydrogens is 322 g/mol. The fourth-order valence-corrected chi connectivity index (χ4v) is 3.22. The van der Waals surface area contributed by atoms with Crippen LogP contribution in [0.1, 0.15) is 18.4 Å². The summed E-state index contributed by atoms with van der Waals surface area (Å²) in [7, 11) is 0. The number of amides is 1. The quantitative estimate of drug-likeness (QED) is 0.830. The van der Waals surface area contributed by atoms with Crippen LogP contribution in [0.2, 0.25) is 0 Å². The molecule has 0 atom stereocenters. The first-order valence-electron chi connectivity index (χ1n) is 6.98. The van der Waals surface area contributed by atoms with E-state index in [2.05, 4.69) is 15.9 Å². The predicted octanol–water partition coefficient (Wildman–Crippen LogP) is 2.36. The number of piperidine rings is 1. The van der Waals surface area contributed by atoms with Crippen LogP contribution in [0.25, 0.3) is 0 Å². The summed E-state index contributed by atoms with van der Waals surface area (Å²) in [4.78, 5) is 14.3. The monoisotopic (exact) mass is 339 g/mol. The third kappa shape index (κ3) is 2.90. The largest absolute Gasteiger partial charge is 0.347 e. The summed E-state index contributed by atoms with van der Waals surface area (Å²) in [5, 5.41) is 0. The molecule has 1 aromatic carbocycles. The van der Waals surface area contributed by atoms with Gasteiger partial charge in [-0.15, -0.1) is 0 Å². The van der Waals surface area contributed by atoms with Crippen molar-refractivity contribution in [2.24, 2.45) is 0 Å². The van der Waals surface area contributed by atoms with E-state index in [0.29, 0.717) is 32.7 Å². The molecule has 0 N–H and O–H groups in total. The summed E-state index contributed by atoms with van der Waals surface area (Å²) >= 11 is 3.49. The standard InChI is InChI=1S/C15H18BrNO3/c16-13-4-2-1-3-12(13)11-14(18)17-7-5-15(6-8-17)19-9-10-20-15/h1-4H,5-11H2. The van der Waals surface area contributed by atoms with E-state index in [1.54, 1.807) is 0 Å². The first-order chi connectivity index (χ1) is 9.69. The van der Waals surface area contributed by atoms with Gasteiger partial charge in [0, 0.05) is 30.4 Å². The van der Waals surface area contributed by atoms with Crippen LogP contribution < -0.4 is 0 Å². The van der Waals surface area contributed by atoms with Crippen molar-refractivity contribution in [2.75, 3.05) is 26.3 Å². The lowest BCUT2D eigenvalue weighted by molar-refractivity contribution is -0.187. The number of benzene rings is 1. The summed E-state index contributed by atoms with van der Waals surface area (Å²) in [6, 6.07) is 7.86. The van der Waals surface area contributed by atoms with E-state index in [-0.39, 0.29) is 5.91 Å². The number of rotatable bonds is 2. The van der Waals surface area contributed by atoms with E-state index in [0.717, 1.165) is 22.9 Å². The smallest absolute Gasteiger partial charge is 0.227 e. The van der Waals surface area contributed by atoms with Crippen molar-refractivity contribution >= 4 is 21.8 Å². The second-order valence-corrected chi connectivity index (χ2v) is 6.11. The lowest BCUT2D eigenvalue weighted by Gasteiger charge is -2.37. The Morgan fingerprint density at radius 2 is 1.85 bits per heavy atom. The summed E-state index contributed by atoms with van der Waals surface area (Å²) in [6.07, 6.45) is 1.99. The molecule has 0 saturated carbocycles. The molecule has 2 heterocycles. The maximum Gasteiger partial charge on any atom is 0.227 e. The number of hydrogen-bond acceptors (Lipinski definition) is 3. The van der Waals surface area contributed by atoms with Gasteiger partial charge in [-0.25, -0.2) is 0 Å². The second kappa shape index (κ2) is 5.84. The third-order valence-electron chi connectivity index (χ3n) is 3.99. The van der Waals surface area contributed by atoms with Crippen LogP contribution >= 0.6 is 15.9 Å². The SMILES string of the molecule is O=C(Cc1ccccc1Br)N1CCC2(CC1)OCCO2. The zero-order valence-electron chi connectivity index (χ0n) is 11.3. The zero-order chi connectivity index (χ0) is 14.0. The van der Waals surface area contributed by atoms with Gasteiger partial charge in [-0.05, 0) is 11.6 Å². The maximum absolute atomic E-state index is 12.3. The fraction of sp³-hybridized carbons (Fsp3) is 0.533. The number of carbonyl (C=O) groups is 1. The van der Waals surface area contributed by atoms with E-state index < -0.39 is 5.79 Å². The summed E-state index contributed by atoms with van der Waals surface area (Å²) in [6.45, 7) is 2.77. The molecule has 2 fully saturated rings. The molecule has 5 heteroatoms. The number of ether oxygens (including phenoxy) is 2. The Morgan fingerprint density at radius 3 is 2.50 bits per heavy atom. The molecule has 0 radical (unpaired) electrons. The molecule has 108 valence electrons. The van der Waals surface area contributed by atoms with Gasteiger partial charge in [-0.3, -0.25) is 4.79 Å². The van der Waals surface area contributed by atoms with Gasteiger partial charge in [0.1, 0.15) is 0 Å². The summed E-state index contributed by atoms with van der Waals surface area (Å²) in [5.74, 6) is -0.242. The van der Waals surface area contributed by atoms with Crippen molar-refractivity contribution in [1.82, 2.24) is 4.90 Å². The summed E-state index contributed by atoms with van der Waals surface area (Å²) in [5.41, 5.74) is 1.03. The minimum atomic E-state index is -0.413. The van der Waals surface area contributed by atoms with Gasteiger partial charge < -0.3 is 14.4 Å². The van der Waals surface area contributed by atoms with E-state index in [9.17, 15) is 4.79 Å². The number of hydrogen-bond donors (Lipinski definition) is 0. The van der Waals surface area contributed by atoms with E-state index in [1.165, 1.54) is 0 Å². The third-order valence-corrected chi connectivity index (χ3v) is 4.76. The Bertz CT molecular complexity index is 490. The molecule has 0 aromatic heterocycles. The molecule has 20 heavy (non-hydrogen) atoms. The van der Waals surface area contributed by atoms with Gasteiger partial charge in [0.15, 0.2) is 5.79 Å². The normalized spacial score (nSPS) is 21.4. The van der Waals surface area contributed by atoms with E-state index >= 15 is 0 Å². The Labute approximate surface area is 127 Å². The van der Waals surface area contributed by atoms with Crippen LogP contribution in [0.15, 0.2) is 28.7 Å². The number of likely N-dealkylation sites (tertiary alicyclic amines) is 1. The Morgan fingerprint density at radius 1 is 1.20 bits per heavy atom. The Hall–Kier alpha value is -0.910. The van der Waals surface area contributed by atoms with Gasteiger partial charge in [-0.2, -0.15) is 0 Å². The number of carbonyl (C=O) groups excluding carboxylic acids is 1. The van der Waals surface area contributed by atoms with Crippen molar-refractivity contribution < 1.29 is 14.3 Å². The Kier molecular flexibility index (Phi) is 4.10. The molecule has 0 aliphatic carbocycles. The topological polar surface area (TPSA) is 38.8 Å². The highest BCUT2D eigenvalue weighted by Crippen LogP contribution is 2.31. The molecule has 2 aliphatic heterocycles. The van der Waals surface area contributed by atoms with E-state index in [1.807, 2.05) is 29.2 Å². The van der Waals surface area contributed by atoms with Crippen molar-refractivity contribution in [3.8, 4) is 0 Å². The first kappa shape index (κ1) is 14.0. The minimum absolute atomic E-state index is 0.171. The Balaban J connectivity index is 1.58. The van der Waals surface area contributed by atoms with Crippen LogP contribution in [0.5, 0.6) is 0 Å². The number of halogens is 1. The van der Waals surface area contributed by atoms with Gasteiger partial charge >= 0.3 is 0 Å². The van der Waals surface area contributed by atoms with Gasteiger partial charge in [0.05, 0.1) is 19.6 Å².